The first-order valence-electron chi connectivity index (χ1n) is 8.84. The molecular weight excluding hydrogens is 396 g/mol. The van der Waals surface area contributed by atoms with E-state index < -0.39 is 12.1 Å². The second-order valence-corrected chi connectivity index (χ2v) is 7.76. The number of hydrogen-bond donors (Lipinski definition) is 0. The third-order valence-electron chi connectivity index (χ3n) is 4.57. The summed E-state index contributed by atoms with van der Waals surface area (Å²) in [4.78, 5) is 31.2. The van der Waals surface area contributed by atoms with Gasteiger partial charge in [0, 0.05) is 28.2 Å². The summed E-state index contributed by atoms with van der Waals surface area (Å²) < 4.78 is 5.39. The maximum atomic E-state index is 12.8. The highest BCUT2D eigenvalue weighted by Crippen LogP contribution is 2.29. The molecule has 0 fully saturated rings. The van der Waals surface area contributed by atoms with Gasteiger partial charge in [0.15, 0.2) is 11.8 Å². The summed E-state index contributed by atoms with van der Waals surface area (Å²) in [6.45, 7) is 2.18. The Hall–Kier alpha value is -2.70. The Morgan fingerprint density at radius 2 is 2.04 bits per heavy atom. The predicted molar refractivity (Wildman–Crippen MR) is 110 cm³/mol. The van der Waals surface area contributed by atoms with Crippen molar-refractivity contribution >= 4 is 40.5 Å². The Morgan fingerprint density at radius 3 is 2.86 bits per heavy atom. The van der Waals surface area contributed by atoms with Crippen LogP contribution in [0.5, 0.6) is 0 Å². The van der Waals surface area contributed by atoms with E-state index in [2.05, 4.69) is 4.98 Å². The van der Waals surface area contributed by atoms with Crippen molar-refractivity contribution in [2.45, 2.75) is 19.4 Å². The number of ether oxygens (including phenoxy) is 1. The van der Waals surface area contributed by atoms with E-state index in [1.807, 2.05) is 36.4 Å². The standard InChI is InChI=1S/C21H17ClN2O3S/c1-13(20(25)24-10-9-14-5-2-3-8-18(14)24)27-21(26)17-12-28-19(23-17)15-6-4-7-16(22)11-15/h2-8,11-13H,9-10H2,1H3/t13-/m1/s1. The SMILES string of the molecule is C[C@@H](OC(=O)c1csc(-c2cccc(Cl)c2)n1)C(=O)N1CCc2ccccc21. The minimum atomic E-state index is -0.894. The van der Waals surface area contributed by atoms with Crippen LogP contribution in [0.1, 0.15) is 23.0 Å². The van der Waals surface area contributed by atoms with Gasteiger partial charge in [-0.2, -0.15) is 0 Å². The van der Waals surface area contributed by atoms with Crippen LogP contribution in [0.2, 0.25) is 5.02 Å². The van der Waals surface area contributed by atoms with Gasteiger partial charge in [-0.15, -0.1) is 11.3 Å². The van der Waals surface area contributed by atoms with E-state index >= 15 is 0 Å². The van der Waals surface area contributed by atoms with Crippen LogP contribution in [0.15, 0.2) is 53.9 Å². The first-order valence-corrected chi connectivity index (χ1v) is 10.1. The van der Waals surface area contributed by atoms with Crippen LogP contribution < -0.4 is 4.90 Å². The molecule has 1 aliphatic rings. The molecule has 0 unspecified atom stereocenters. The zero-order chi connectivity index (χ0) is 19.7. The normalized spacial score (nSPS) is 13.9. The van der Waals surface area contributed by atoms with Gasteiger partial charge >= 0.3 is 5.97 Å². The molecule has 0 N–H and O–H groups in total. The summed E-state index contributed by atoms with van der Waals surface area (Å²) in [5, 5.41) is 2.89. The number of para-hydroxylation sites is 1. The van der Waals surface area contributed by atoms with Crippen LogP contribution in [0.25, 0.3) is 10.6 Å². The first-order chi connectivity index (χ1) is 13.5. The molecule has 3 aromatic rings. The lowest BCUT2D eigenvalue weighted by atomic mass is 10.2. The number of amides is 1. The Kier molecular flexibility index (Phi) is 5.15. The molecule has 0 saturated heterocycles. The monoisotopic (exact) mass is 412 g/mol. The fourth-order valence-electron chi connectivity index (χ4n) is 3.18. The summed E-state index contributed by atoms with van der Waals surface area (Å²) in [6, 6.07) is 15.0. The maximum Gasteiger partial charge on any atom is 0.358 e. The molecule has 2 aromatic carbocycles. The molecule has 28 heavy (non-hydrogen) atoms. The van der Waals surface area contributed by atoms with Crippen molar-refractivity contribution in [3.63, 3.8) is 0 Å². The van der Waals surface area contributed by atoms with Crippen molar-refractivity contribution in [2.75, 3.05) is 11.4 Å². The average molecular weight is 413 g/mol. The molecule has 0 aliphatic carbocycles. The lowest BCUT2D eigenvalue weighted by Gasteiger charge is -2.21. The maximum absolute atomic E-state index is 12.8. The van der Waals surface area contributed by atoms with Gasteiger partial charge in [-0.05, 0) is 37.1 Å². The average Bonchev–Trinajstić information content (AvgIpc) is 3.35. The highest BCUT2D eigenvalue weighted by Gasteiger charge is 2.30. The van der Waals surface area contributed by atoms with Crippen molar-refractivity contribution < 1.29 is 14.3 Å². The number of rotatable bonds is 4. The number of carbonyl (C=O) groups excluding carboxylic acids is 2. The molecule has 0 radical (unpaired) electrons. The number of halogens is 1. The van der Waals surface area contributed by atoms with Crippen LogP contribution in [0.4, 0.5) is 5.69 Å². The van der Waals surface area contributed by atoms with Gasteiger partial charge in [0.25, 0.3) is 5.91 Å². The molecule has 0 bridgehead atoms. The van der Waals surface area contributed by atoms with Crippen LogP contribution in [-0.4, -0.2) is 29.5 Å². The van der Waals surface area contributed by atoms with E-state index in [1.165, 1.54) is 11.3 Å². The van der Waals surface area contributed by atoms with Crippen LogP contribution in [-0.2, 0) is 16.0 Å². The largest absolute Gasteiger partial charge is 0.448 e. The number of fused-ring (bicyclic) bond motifs is 1. The van der Waals surface area contributed by atoms with E-state index in [9.17, 15) is 9.59 Å². The lowest BCUT2D eigenvalue weighted by Crippen LogP contribution is -2.39. The minimum absolute atomic E-state index is 0.182. The van der Waals surface area contributed by atoms with Crippen LogP contribution >= 0.6 is 22.9 Å². The van der Waals surface area contributed by atoms with Gasteiger partial charge in [-0.3, -0.25) is 4.79 Å². The van der Waals surface area contributed by atoms with Crippen LogP contribution in [0, 0.1) is 0 Å². The molecule has 2 heterocycles. The molecule has 4 rings (SSSR count). The van der Waals surface area contributed by atoms with Gasteiger partial charge in [0.2, 0.25) is 0 Å². The zero-order valence-electron chi connectivity index (χ0n) is 15.1. The smallest absolute Gasteiger partial charge is 0.358 e. The third-order valence-corrected chi connectivity index (χ3v) is 5.70. The zero-order valence-corrected chi connectivity index (χ0v) is 16.7. The molecule has 0 spiro atoms. The van der Waals surface area contributed by atoms with E-state index in [-0.39, 0.29) is 11.6 Å². The van der Waals surface area contributed by atoms with Gasteiger partial charge < -0.3 is 9.64 Å². The van der Waals surface area contributed by atoms with Gasteiger partial charge in [0.1, 0.15) is 5.01 Å². The topological polar surface area (TPSA) is 59.5 Å². The summed E-state index contributed by atoms with van der Waals surface area (Å²) in [7, 11) is 0. The number of esters is 1. The van der Waals surface area contributed by atoms with Crippen molar-refractivity contribution in [3.8, 4) is 10.6 Å². The molecule has 1 aliphatic heterocycles. The second kappa shape index (κ2) is 7.73. The Balaban J connectivity index is 1.45. The first kappa shape index (κ1) is 18.7. The lowest BCUT2D eigenvalue weighted by molar-refractivity contribution is -0.126. The highest BCUT2D eigenvalue weighted by molar-refractivity contribution is 7.13. The fraction of sp³-hybridized carbons (Fsp3) is 0.190. The summed E-state index contributed by atoms with van der Waals surface area (Å²) in [5.74, 6) is -0.846. The molecule has 142 valence electrons. The van der Waals surface area contributed by atoms with E-state index in [4.69, 9.17) is 16.3 Å². The molecule has 5 nitrogen and oxygen atoms in total. The number of nitrogens with zero attached hydrogens (tertiary/aromatic N) is 2. The van der Waals surface area contributed by atoms with Crippen molar-refractivity contribution in [1.29, 1.82) is 0 Å². The number of thiazole rings is 1. The summed E-state index contributed by atoms with van der Waals surface area (Å²) >= 11 is 7.33. The van der Waals surface area contributed by atoms with Gasteiger partial charge in [-0.25, -0.2) is 9.78 Å². The fourth-order valence-corrected chi connectivity index (χ4v) is 4.16. The van der Waals surface area contributed by atoms with E-state index in [0.717, 1.165) is 23.2 Å². The van der Waals surface area contributed by atoms with Crippen molar-refractivity contribution in [2.24, 2.45) is 0 Å². The van der Waals surface area contributed by atoms with Gasteiger partial charge in [-0.1, -0.05) is 41.9 Å². The second-order valence-electron chi connectivity index (χ2n) is 6.46. The van der Waals surface area contributed by atoms with Gasteiger partial charge in [0.05, 0.1) is 0 Å². The van der Waals surface area contributed by atoms with Crippen molar-refractivity contribution in [3.05, 3.63) is 70.2 Å². The molecule has 1 aromatic heterocycles. The number of aromatic nitrogens is 1. The molecule has 1 atom stereocenters. The third kappa shape index (κ3) is 3.66. The highest BCUT2D eigenvalue weighted by atomic mass is 35.5. The number of anilines is 1. The Morgan fingerprint density at radius 1 is 1.21 bits per heavy atom. The van der Waals surface area contributed by atoms with Crippen LogP contribution in [0.3, 0.4) is 0 Å². The summed E-state index contributed by atoms with van der Waals surface area (Å²) in [6.07, 6.45) is -0.0903. The Labute approximate surface area is 171 Å². The number of carbonyl (C=O) groups is 2. The number of benzene rings is 2. The summed E-state index contributed by atoms with van der Waals surface area (Å²) in [5.41, 5.74) is 3.02. The molecular formula is C21H17ClN2O3S. The Bertz CT molecular complexity index is 1050. The molecule has 1 amide bonds. The minimum Gasteiger partial charge on any atom is -0.448 e. The predicted octanol–water partition coefficient (Wildman–Crippen LogP) is 4.60. The van der Waals surface area contributed by atoms with E-state index in [0.29, 0.717) is 16.6 Å². The quantitative estimate of drug-likeness (QED) is 0.587. The molecule has 7 heteroatoms. The number of hydrogen-bond acceptors (Lipinski definition) is 5. The van der Waals surface area contributed by atoms with E-state index in [1.54, 1.807) is 29.3 Å². The van der Waals surface area contributed by atoms with Crippen molar-refractivity contribution in [1.82, 2.24) is 4.98 Å². The molecule has 0 saturated carbocycles.